The molecule has 0 unspecified atom stereocenters. The molecular formula is C16H23ClN6O2S. The number of rotatable bonds is 2. The summed E-state index contributed by atoms with van der Waals surface area (Å²) in [7, 11) is -2.89. The van der Waals surface area contributed by atoms with Crippen molar-refractivity contribution in [2.24, 2.45) is 0 Å². The molecule has 2 aromatic rings. The summed E-state index contributed by atoms with van der Waals surface area (Å²) < 4.78 is 25.0. The fraction of sp³-hybridized carbons (Fsp3) is 0.562. The fourth-order valence-electron chi connectivity index (χ4n) is 2.88. The van der Waals surface area contributed by atoms with Crippen molar-refractivity contribution in [1.29, 1.82) is 5.26 Å². The summed E-state index contributed by atoms with van der Waals surface area (Å²) in [6.07, 6.45) is 6.02. The summed E-state index contributed by atoms with van der Waals surface area (Å²) >= 11 is 6.09. The maximum atomic E-state index is 10.9. The van der Waals surface area contributed by atoms with Gasteiger partial charge in [0.2, 0.25) is 16.0 Å². The van der Waals surface area contributed by atoms with E-state index in [-0.39, 0.29) is 11.9 Å². The highest BCUT2D eigenvalue weighted by molar-refractivity contribution is 7.88. The molecule has 10 heteroatoms. The number of sulfonamides is 1. The van der Waals surface area contributed by atoms with Crippen molar-refractivity contribution in [1.82, 2.24) is 18.9 Å². The van der Waals surface area contributed by atoms with Crippen molar-refractivity contribution in [3.8, 4) is 6.07 Å². The number of nitriles is 1. The van der Waals surface area contributed by atoms with E-state index < -0.39 is 10.0 Å². The van der Waals surface area contributed by atoms with Crippen LogP contribution in [0, 0.1) is 11.3 Å². The van der Waals surface area contributed by atoms with Crippen LogP contribution >= 0.6 is 11.6 Å². The highest BCUT2D eigenvalue weighted by Gasteiger charge is 2.20. The second kappa shape index (κ2) is 8.20. The Hall–Kier alpha value is -1.89. The van der Waals surface area contributed by atoms with Crippen LogP contribution in [0.2, 0.25) is 5.02 Å². The molecule has 0 saturated carbocycles. The summed E-state index contributed by atoms with van der Waals surface area (Å²) in [5, 5.41) is 13.5. The monoisotopic (exact) mass is 398 g/mol. The number of halogens is 1. The maximum absolute atomic E-state index is 10.9. The SMILES string of the molecule is CC(C)c1c(C#N)c(Cl)c2cnc(N)nn12.CS(=O)(=O)N1CCCCC1. The van der Waals surface area contributed by atoms with Crippen molar-refractivity contribution in [2.75, 3.05) is 25.1 Å². The number of fused-ring (bicyclic) bond motifs is 1. The molecule has 142 valence electrons. The summed E-state index contributed by atoms with van der Waals surface area (Å²) in [5.41, 5.74) is 7.33. The van der Waals surface area contributed by atoms with Gasteiger partial charge in [0.25, 0.3) is 0 Å². The average molecular weight is 399 g/mol. The fourth-order valence-corrected chi connectivity index (χ4v) is 4.07. The van der Waals surface area contributed by atoms with Gasteiger partial charge in [0.15, 0.2) is 0 Å². The molecule has 26 heavy (non-hydrogen) atoms. The van der Waals surface area contributed by atoms with E-state index in [9.17, 15) is 8.42 Å². The first-order chi connectivity index (χ1) is 12.2. The van der Waals surface area contributed by atoms with Gasteiger partial charge in [-0.15, -0.1) is 5.10 Å². The molecule has 0 amide bonds. The van der Waals surface area contributed by atoms with Gasteiger partial charge in [-0.1, -0.05) is 31.9 Å². The maximum Gasteiger partial charge on any atom is 0.238 e. The van der Waals surface area contributed by atoms with Gasteiger partial charge in [0.05, 0.1) is 28.7 Å². The Morgan fingerprint density at radius 1 is 1.31 bits per heavy atom. The van der Waals surface area contributed by atoms with E-state index in [0.29, 0.717) is 16.1 Å². The van der Waals surface area contributed by atoms with Crippen LogP contribution in [0.25, 0.3) is 5.52 Å². The van der Waals surface area contributed by atoms with Gasteiger partial charge < -0.3 is 5.73 Å². The third kappa shape index (κ3) is 4.44. The van der Waals surface area contributed by atoms with E-state index in [1.54, 1.807) is 8.82 Å². The third-order valence-electron chi connectivity index (χ3n) is 4.12. The molecule has 1 saturated heterocycles. The minimum atomic E-state index is -2.89. The topological polar surface area (TPSA) is 117 Å². The molecule has 2 N–H and O–H groups in total. The van der Waals surface area contributed by atoms with Gasteiger partial charge in [-0.05, 0) is 18.8 Å². The summed E-state index contributed by atoms with van der Waals surface area (Å²) in [6, 6.07) is 2.09. The van der Waals surface area contributed by atoms with E-state index in [2.05, 4.69) is 16.2 Å². The van der Waals surface area contributed by atoms with Gasteiger partial charge in [-0.3, -0.25) is 0 Å². The summed E-state index contributed by atoms with van der Waals surface area (Å²) in [6.45, 7) is 5.38. The molecule has 1 fully saturated rings. The number of nitrogens with two attached hydrogens (primary N) is 1. The van der Waals surface area contributed by atoms with Crippen molar-refractivity contribution in [3.63, 3.8) is 0 Å². The van der Waals surface area contributed by atoms with E-state index in [1.807, 2.05) is 13.8 Å². The first-order valence-electron chi connectivity index (χ1n) is 8.34. The van der Waals surface area contributed by atoms with Crippen LogP contribution in [0.15, 0.2) is 6.20 Å². The third-order valence-corrected chi connectivity index (χ3v) is 5.81. The minimum absolute atomic E-state index is 0.129. The predicted molar refractivity (Wildman–Crippen MR) is 101 cm³/mol. The van der Waals surface area contributed by atoms with Crippen LogP contribution in [0.4, 0.5) is 5.95 Å². The minimum Gasteiger partial charge on any atom is -0.367 e. The van der Waals surface area contributed by atoms with Gasteiger partial charge in [-0.25, -0.2) is 22.2 Å². The van der Waals surface area contributed by atoms with Crippen molar-refractivity contribution >= 4 is 33.1 Å². The standard InChI is InChI=1S/C10H10ClN5.C6H13NO2S/c1-5(2)9-6(3-12)8(11)7-4-14-10(13)15-16(7)9;1-10(8,9)7-5-3-2-4-6-7/h4-5H,1-2H3,(H2,13,15);2-6H2,1H3. The Bertz CT molecular complexity index is 926. The van der Waals surface area contributed by atoms with Crippen molar-refractivity contribution in [2.45, 2.75) is 39.0 Å². The van der Waals surface area contributed by atoms with E-state index in [1.165, 1.54) is 18.9 Å². The number of aromatic nitrogens is 3. The van der Waals surface area contributed by atoms with E-state index in [0.717, 1.165) is 31.6 Å². The second-order valence-electron chi connectivity index (χ2n) is 6.48. The van der Waals surface area contributed by atoms with Crippen molar-refractivity contribution in [3.05, 3.63) is 22.5 Å². The van der Waals surface area contributed by atoms with Crippen molar-refractivity contribution < 1.29 is 8.42 Å². The zero-order chi connectivity index (χ0) is 19.5. The van der Waals surface area contributed by atoms with E-state index >= 15 is 0 Å². The van der Waals surface area contributed by atoms with E-state index in [4.69, 9.17) is 22.6 Å². The Morgan fingerprint density at radius 3 is 2.38 bits per heavy atom. The van der Waals surface area contributed by atoms with Gasteiger partial charge in [0.1, 0.15) is 11.6 Å². The lowest BCUT2D eigenvalue weighted by molar-refractivity contribution is 0.349. The number of nitrogen functional groups attached to an aromatic ring is 1. The molecule has 0 aliphatic carbocycles. The van der Waals surface area contributed by atoms with Crippen LogP contribution in [-0.4, -0.2) is 46.7 Å². The Labute approximate surface area is 158 Å². The zero-order valence-electron chi connectivity index (χ0n) is 15.1. The first-order valence-corrected chi connectivity index (χ1v) is 10.6. The molecule has 0 bridgehead atoms. The molecule has 3 rings (SSSR count). The molecule has 0 atom stereocenters. The Balaban J connectivity index is 0.000000209. The van der Waals surface area contributed by atoms with Gasteiger partial charge in [-0.2, -0.15) is 5.26 Å². The summed E-state index contributed by atoms with van der Waals surface area (Å²) in [4.78, 5) is 3.87. The zero-order valence-corrected chi connectivity index (χ0v) is 16.7. The number of hydrogen-bond acceptors (Lipinski definition) is 6. The lowest BCUT2D eigenvalue weighted by Crippen LogP contribution is -2.34. The molecule has 1 aliphatic rings. The molecule has 0 radical (unpaired) electrons. The normalized spacial score (nSPS) is 15.5. The number of hydrogen-bond donors (Lipinski definition) is 1. The number of anilines is 1. The quantitative estimate of drug-likeness (QED) is 0.829. The summed E-state index contributed by atoms with van der Waals surface area (Å²) in [5.74, 6) is 0.287. The molecule has 3 heterocycles. The first kappa shape index (κ1) is 20.4. The largest absolute Gasteiger partial charge is 0.367 e. The average Bonchev–Trinajstić information content (AvgIpc) is 2.87. The molecule has 8 nitrogen and oxygen atoms in total. The molecule has 1 aliphatic heterocycles. The highest BCUT2D eigenvalue weighted by Crippen LogP contribution is 2.31. The molecular weight excluding hydrogens is 376 g/mol. The lowest BCUT2D eigenvalue weighted by atomic mass is 10.1. The van der Waals surface area contributed by atoms with Gasteiger partial charge >= 0.3 is 0 Å². The van der Waals surface area contributed by atoms with Crippen LogP contribution < -0.4 is 5.73 Å². The van der Waals surface area contributed by atoms with Crippen LogP contribution in [-0.2, 0) is 10.0 Å². The Morgan fingerprint density at radius 2 is 1.92 bits per heavy atom. The Kier molecular flexibility index (Phi) is 6.44. The number of nitrogens with zero attached hydrogens (tertiary/aromatic N) is 5. The molecule has 0 aromatic carbocycles. The molecule has 2 aromatic heterocycles. The smallest absolute Gasteiger partial charge is 0.238 e. The van der Waals surface area contributed by atoms with Crippen LogP contribution in [0.1, 0.15) is 50.3 Å². The van der Waals surface area contributed by atoms with Crippen LogP contribution in [0.5, 0.6) is 0 Å². The number of piperidine rings is 1. The highest BCUT2D eigenvalue weighted by atomic mass is 35.5. The van der Waals surface area contributed by atoms with Gasteiger partial charge in [0, 0.05) is 13.1 Å². The lowest BCUT2D eigenvalue weighted by Gasteiger charge is -2.23. The molecule has 0 spiro atoms. The predicted octanol–water partition coefficient (Wildman–Crippen LogP) is 2.39. The second-order valence-corrected chi connectivity index (χ2v) is 8.84. The van der Waals surface area contributed by atoms with Crippen LogP contribution in [0.3, 0.4) is 0 Å².